The number of aliphatic carboxylic acids is 1. The van der Waals surface area contributed by atoms with Gasteiger partial charge in [0.25, 0.3) is 0 Å². The number of hydrogen-bond acceptors (Lipinski definition) is 2. The van der Waals surface area contributed by atoms with Crippen molar-refractivity contribution in [2.75, 3.05) is 6.61 Å². The first-order valence-corrected chi connectivity index (χ1v) is 5.88. The lowest BCUT2D eigenvalue weighted by atomic mass is 9.76. The summed E-state index contributed by atoms with van der Waals surface area (Å²) in [6.45, 7) is 3.90. The minimum Gasteiger partial charge on any atom is -0.493 e. The van der Waals surface area contributed by atoms with Crippen LogP contribution in [0.4, 0.5) is 0 Å². The Balaban J connectivity index is 2.48. The predicted octanol–water partition coefficient (Wildman–Crippen LogP) is 3.04. The fourth-order valence-electron chi connectivity index (χ4n) is 1.96. The van der Waals surface area contributed by atoms with Crippen LogP contribution in [0.1, 0.15) is 25.3 Å². The molecule has 2 rings (SSSR count). The lowest BCUT2D eigenvalue weighted by molar-refractivity contribution is -0.148. The number of carboxylic acid groups (broad SMARTS) is 1. The normalized spacial score (nSPS) is 19.1. The number of benzene rings is 1. The summed E-state index contributed by atoms with van der Waals surface area (Å²) in [6.07, 6.45) is 0. The maximum absolute atomic E-state index is 11.3. The van der Waals surface area contributed by atoms with Crippen LogP contribution in [0.15, 0.2) is 22.7 Å². The smallest absolute Gasteiger partial charge is 0.309 e. The van der Waals surface area contributed by atoms with E-state index < -0.39 is 11.4 Å². The number of ether oxygens (including phenoxy) is 1. The van der Waals surface area contributed by atoms with Crippen molar-refractivity contribution < 1.29 is 14.6 Å². The van der Waals surface area contributed by atoms with E-state index in [1.807, 2.05) is 18.2 Å². The quantitative estimate of drug-likeness (QED) is 0.908. The molecule has 1 heterocycles. The molecule has 1 aromatic rings. The molecule has 0 radical (unpaired) electrons. The summed E-state index contributed by atoms with van der Waals surface area (Å²) >= 11 is 3.46. The third kappa shape index (κ3) is 1.61. The Bertz CT molecular complexity index is 440. The van der Waals surface area contributed by atoms with Crippen molar-refractivity contribution in [3.05, 3.63) is 28.2 Å². The van der Waals surface area contributed by atoms with Crippen molar-refractivity contribution >= 4 is 21.9 Å². The number of halogens is 1. The second-order valence-corrected chi connectivity index (χ2v) is 5.40. The molecule has 86 valence electrons. The highest BCUT2D eigenvalue weighted by molar-refractivity contribution is 9.10. The van der Waals surface area contributed by atoms with E-state index >= 15 is 0 Å². The summed E-state index contributed by atoms with van der Waals surface area (Å²) in [6, 6.07) is 5.68. The molecular weight excluding hydrogens is 272 g/mol. The topological polar surface area (TPSA) is 46.5 Å². The van der Waals surface area contributed by atoms with Crippen molar-refractivity contribution in [2.24, 2.45) is 5.41 Å². The van der Waals surface area contributed by atoms with E-state index in [-0.39, 0.29) is 5.92 Å². The van der Waals surface area contributed by atoms with Gasteiger partial charge in [-0.15, -0.1) is 0 Å². The highest BCUT2D eigenvalue weighted by Crippen LogP contribution is 2.47. The Hall–Kier alpha value is -1.03. The monoisotopic (exact) mass is 284 g/mol. The van der Waals surface area contributed by atoms with Gasteiger partial charge in [-0.25, -0.2) is 0 Å². The molecule has 16 heavy (non-hydrogen) atoms. The first kappa shape index (κ1) is 11.5. The third-order valence-electron chi connectivity index (χ3n) is 3.19. The molecular formula is C12H13BrO3. The molecule has 3 nitrogen and oxygen atoms in total. The van der Waals surface area contributed by atoms with Crippen molar-refractivity contribution in [3.8, 4) is 5.75 Å². The van der Waals surface area contributed by atoms with Gasteiger partial charge in [0, 0.05) is 16.0 Å². The van der Waals surface area contributed by atoms with Crippen LogP contribution in [0.2, 0.25) is 0 Å². The molecule has 1 aliphatic rings. The van der Waals surface area contributed by atoms with Gasteiger partial charge >= 0.3 is 5.97 Å². The summed E-state index contributed by atoms with van der Waals surface area (Å²) in [5.74, 6) is -0.131. The van der Waals surface area contributed by atoms with Gasteiger partial charge in [-0.3, -0.25) is 4.79 Å². The summed E-state index contributed by atoms with van der Waals surface area (Å²) < 4.78 is 6.45. The fraction of sp³-hybridized carbons (Fsp3) is 0.417. The SMILES string of the molecule is CC(C)(C(=O)O)C1COc2cccc(Br)c21. The van der Waals surface area contributed by atoms with E-state index in [0.717, 1.165) is 15.8 Å². The van der Waals surface area contributed by atoms with Gasteiger partial charge in [0.2, 0.25) is 0 Å². The van der Waals surface area contributed by atoms with Gasteiger partial charge < -0.3 is 9.84 Å². The van der Waals surface area contributed by atoms with Gasteiger partial charge in [-0.1, -0.05) is 22.0 Å². The van der Waals surface area contributed by atoms with E-state index in [4.69, 9.17) is 4.74 Å². The first-order valence-electron chi connectivity index (χ1n) is 5.09. The molecule has 0 spiro atoms. The minimum absolute atomic E-state index is 0.115. The summed E-state index contributed by atoms with van der Waals surface area (Å²) in [5.41, 5.74) is 0.143. The van der Waals surface area contributed by atoms with E-state index in [2.05, 4.69) is 15.9 Å². The third-order valence-corrected chi connectivity index (χ3v) is 3.88. The van der Waals surface area contributed by atoms with Crippen molar-refractivity contribution in [1.82, 2.24) is 0 Å². The van der Waals surface area contributed by atoms with E-state index in [1.165, 1.54) is 0 Å². The second-order valence-electron chi connectivity index (χ2n) is 4.54. The zero-order chi connectivity index (χ0) is 11.9. The molecule has 0 amide bonds. The molecule has 1 aromatic carbocycles. The zero-order valence-corrected chi connectivity index (χ0v) is 10.7. The van der Waals surface area contributed by atoms with Crippen molar-refractivity contribution in [2.45, 2.75) is 19.8 Å². The van der Waals surface area contributed by atoms with Gasteiger partial charge in [-0.2, -0.15) is 0 Å². The first-order chi connectivity index (χ1) is 7.44. The van der Waals surface area contributed by atoms with Crippen molar-refractivity contribution in [1.29, 1.82) is 0 Å². The van der Waals surface area contributed by atoms with Crippen LogP contribution in [0, 0.1) is 5.41 Å². The number of rotatable bonds is 2. The Morgan fingerprint density at radius 1 is 1.56 bits per heavy atom. The van der Waals surface area contributed by atoms with Gasteiger partial charge in [0.05, 0.1) is 12.0 Å². The Labute approximate surface area is 103 Å². The molecule has 0 saturated carbocycles. The lowest BCUT2D eigenvalue weighted by Crippen LogP contribution is -2.32. The Morgan fingerprint density at radius 2 is 2.25 bits per heavy atom. The van der Waals surface area contributed by atoms with Crippen molar-refractivity contribution in [3.63, 3.8) is 0 Å². The van der Waals surface area contributed by atoms with Crippen LogP contribution in [0.5, 0.6) is 5.75 Å². The molecule has 0 fully saturated rings. The molecule has 4 heteroatoms. The zero-order valence-electron chi connectivity index (χ0n) is 9.16. The highest BCUT2D eigenvalue weighted by Gasteiger charge is 2.43. The fourth-order valence-corrected chi connectivity index (χ4v) is 2.58. The molecule has 0 aromatic heterocycles. The van der Waals surface area contributed by atoms with E-state index in [9.17, 15) is 9.90 Å². The molecule has 0 saturated heterocycles. The highest BCUT2D eigenvalue weighted by atomic mass is 79.9. The average Bonchev–Trinajstić information content (AvgIpc) is 2.63. The van der Waals surface area contributed by atoms with Gasteiger partial charge in [0.15, 0.2) is 0 Å². The minimum atomic E-state index is -0.824. The number of carboxylic acids is 1. The largest absolute Gasteiger partial charge is 0.493 e. The molecule has 1 aliphatic heterocycles. The van der Waals surface area contributed by atoms with Gasteiger partial charge in [-0.05, 0) is 26.0 Å². The Kier molecular flexibility index (Phi) is 2.70. The number of carbonyl (C=O) groups is 1. The van der Waals surface area contributed by atoms with Crippen LogP contribution in [-0.4, -0.2) is 17.7 Å². The summed E-state index contributed by atoms with van der Waals surface area (Å²) in [5, 5.41) is 9.25. The van der Waals surface area contributed by atoms with Crippen LogP contribution in [0.25, 0.3) is 0 Å². The van der Waals surface area contributed by atoms with E-state index in [0.29, 0.717) is 6.61 Å². The number of hydrogen-bond donors (Lipinski definition) is 1. The summed E-state index contributed by atoms with van der Waals surface area (Å²) in [7, 11) is 0. The Morgan fingerprint density at radius 3 is 2.88 bits per heavy atom. The lowest BCUT2D eigenvalue weighted by Gasteiger charge is -2.26. The molecule has 1 atom stereocenters. The van der Waals surface area contributed by atoms with Crippen LogP contribution in [-0.2, 0) is 4.79 Å². The maximum atomic E-state index is 11.3. The molecule has 0 aliphatic carbocycles. The molecule has 1 N–H and O–H groups in total. The van der Waals surface area contributed by atoms with Crippen LogP contribution >= 0.6 is 15.9 Å². The standard InChI is InChI=1S/C12H13BrO3/c1-12(2,11(14)15)7-6-16-9-5-3-4-8(13)10(7)9/h3-5,7H,6H2,1-2H3,(H,14,15). The molecule has 0 bridgehead atoms. The van der Waals surface area contributed by atoms with Gasteiger partial charge in [0.1, 0.15) is 5.75 Å². The predicted molar refractivity (Wildman–Crippen MR) is 63.8 cm³/mol. The van der Waals surface area contributed by atoms with Crippen LogP contribution < -0.4 is 4.74 Å². The second kappa shape index (κ2) is 3.77. The van der Waals surface area contributed by atoms with E-state index in [1.54, 1.807) is 13.8 Å². The molecule has 1 unspecified atom stereocenters. The maximum Gasteiger partial charge on any atom is 0.309 e. The summed E-state index contributed by atoms with van der Waals surface area (Å²) in [4.78, 5) is 11.3. The number of fused-ring (bicyclic) bond motifs is 1. The average molecular weight is 285 g/mol. The van der Waals surface area contributed by atoms with Crippen LogP contribution in [0.3, 0.4) is 0 Å².